The molecule has 0 unspecified atom stereocenters. The van der Waals surface area contributed by atoms with Crippen LogP contribution in [0.3, 0.4) is 0 Å². The number of carbonyl (C=O) groups excluding carboxylic acids is 1. The van der Waals surface area contributed by atoms with Crippen LogP contribution >= 0.6 is 0 Å². The van der Waals surface area contributed by atoms with Crippen molar-refractivity contribution in [3.63, 3.8) is 0 Å². The molecule has 4 heteroatoms. The lowest BCUT2D eigenvalue weighted by atomic mass is 10.1. The van der Waals surface area contributed by atoms with Gasteiger partial charge in [0.25, 0.3) is 5.91 Å². The van der Waals surface area contributed by atoms with Crippen LogP contribution in [0.2, 0.25) is 0 Å². The summed E-state index contributed by atoms with van der Waals surface area (Å²) in [4.78, 5) is 19.4. The second-order valence-electron chi connectivity index (χ2n) is 7.70. The molecular formula is C27H27N3O. The molecule has 1 heterocycles. The van der Waals surface area contributed by atoms with Gasteiger partial charge in [0.15, 0.2) is 0 Å². The highest BCUT2D eigenvalue weighted by molar-refractivity contribution is 5.94. The maximum absolute atomic E-state index is 13.3. The van der Waals surface area contributed by atoms with Crippen molar-refractivity contribution in [2.75, 3.05) is 13.1 Å². The molecule has 0 aliphatic carbocycles. The Kier molecular flexibility index (Phi) is 6.91. The Morgan fingerprint density at radius 1 is 0.742 bits per heavy atom. The predicted octanol–water partition coefficient (Wildman–Crippen LogP) is 4.86. The minimum atomic E-state index is 0.0843. The SMILES string of the molecule is O=C(c1ccc(Cn2ccnc2)cc1)N(CCc1ccccc1)CCc1ccccc1. The van der Waals surface area contributed by atoms with E-state index < -0.39 is 0 Å². The van der Waals surface area contributed by atoms with Crippen LogP contribution in [-0.4, -0.2) is 33.4 Å². The van der Waals surface area contributed by atoms with Crippen LogP contribution in [0.5, 0.6) is 0 Å². The molecule has 0 bridgehead atoms. The van der Waals surface area contributed by atoms with Crippen molar-refractivity contribution in [3.8, 4) is 0 Å². The van der Waals surface area contributed by atoms with Crippen molar-refractivity contribution in [1.29, 1.82) is 0 Å². The summed E-state index contributed by atoms with van der Waals surface area (Å²) < 4.78 is 2.02. The first-order valence-electron chi connectivity index (χ1n) is 10.7. The van der Waals surface area contributed by atoms with Crippen LogP contribution in [0.1, 0.15) is 27.0 Å². The van der Waals surface area contributed by atoms with Gasteiger partial charge in [-0.05, 0) is 41.7 Å². The number of imidazole rings is 1. The normalized spacial score (nSPS) is 10.7. The third-order valence-corrected chi connectivity index (χ3v) is 5.44. The molecule has 0 aliphatic heterocycles. The van der Waals surface area contributed by atoms with E-state index in [1.165, 1.54) is 11.1 Å². The standard InChI is InChI=1S/C27H27N3O/c31-27(26-13-11-25(12-14-26)21-29-20-17-28-22-29)30(18-15-23-7-3-1-4-8-23)19-16-24-9-5-2-6-10-24/h1-14,17,20,22H,15-16,18-19,21H2. The lowest BCUT2D eigenvalue weighted by molar-refractivity contribution is 0.0759. The highest BCUT2D eigenvalue weighted by Crippen LogP contribution is 2.12. The van der Waals surface area contributed by atoms with Gasteiger partial charge in [0.2, 0.25) is 0 Å². The van der Waals surface area contributed by atoms with E-state index >= 15 is 0 Å². The maximum atomic E-state index is 13.3. The molecule has 0 radical (unpaired) electrons. The number of hydrogen-bond donors (Lipinski definition) is 0. The van der Waals surface area contributed by atoms with E-state index in [2.05, 4.69) is 29.2 Å². The van der Waals surface area contributed by atoms with E-state index in [-0.39, 0.29) is 5.91 Å². The zero-order chi connectivity index (χ0) is 21.3. The second-order valence-corrected chi connectivity index (χ2v) is 7.70. The molecule has 1 amide bonds. The highest BCUT2D eigenvalue weighted by Gasteiger charge is 2.16. The molecule has 4 rings (SSSR count). The molecule has 3 aromatic carbocycles. The fourth-order valence-corrected chi connectivity index (χ4v) is 3.66. The summed E-state index contributed by atoms with van der Waals surface area (Å²) in [5.74, 6) is 0.0843. The van der Waals surface area contributed by atoms with E-state index in [4.69, 9.17) is 0 Å². The molecule has 0 fully saturated rings. The molecule has 0 atom stereocenters. The van der Waals surface area contributed by atoms with Crippen molar-refractivity contribution in [2.45, 2.75) is 19.4 Å². The van der Waals surface area contributed by atoms with Gasteiger partial charge >= 0.3 is 0 Å². The van der Waals surface area contributed by atoms with Gasteiger partial charge < -0.3 is 9.47 Å². The van der Waals surface area contributed by atoms with Crippen LogP contribution in [0.4, 0.5) is 0 Å². The lowest BCUT2D eigenvalue weighted by Crippen LogP contribution is -2.34. The molecule has 0 saturated carbocycles. The summed E-state index contributed by atoms with van der Waals surface area (Å²) in [6.45, 7) is 2.15. The van der Waals surface area contributed by atoms with Gasteiger partial charge in [0.05, 0.1) is 6.33 Å². The van der Waals surface area contributed by atoms with Crippen LogP contribution in [0, 0.1) is 0 Å². The summed E-state index contributed by atoms with van der Waals surface area (Å²) in [5.41, 5.74) is 4.37. The Balaban J connectivity index is 1.45. The number of hydrogen-bond acceptors (Lipinski definition) is 2. The quantitative estimate of drug-likeness (QED) is 0.396. The first-order valence-corrected chi connectivity index (χ1v) is 10.7. The Bertz CT molecular complexity index is 1020. The summed E-state index contributed by atoms with van der Waals surface area (Å²) in [6, 6.07) is 28.6. The monoisotopic (exact) mass is 409 g/mol. The number of carbonyl (C=O) groups is 1. The van der Waals surface area contributed by atoms with Gasteiger partial charge in [-0.15, -0.1) is 0 Å². The summed E-state index contributed by atoms with van der Waals surface area (Å²) >= 11 is 0. The van der Waals surface area contributed by atoms with Gasteiger partial charge in [0, 0.05) is 37.6 Å². The molecule has 31 heavy (non-hydrogen) atoms. The number of nitrogens with zero attached hydrogens (tertiary/aromatic N) is 3. The topological polar surface area (TPSA) is 38.1 Å². The number of amides is 1. The third kappa shape index (κ3) is 5.92. The lowest BCUT2D eigenvalue weighted by Gasteiger charge is -2.23. The van der Waals surface area contributed by atoms with Gasteiger partial charge in [-0.3, -0.25) is 4.79 Å². The largest absolute Gasteiger partial charge is 0.338 e. The molecular weight excluding hydrogens is 382 g/mol. The van der Waals surface area contributed by atoms with Crippen LogP contribution in [-0.2, 0) is 19.4 Å². The van der Waals surface area contributed by atoms with Crippen molar-refractivity contribution in [2.24, 2.45) is 0 Å². The van der Waals surface area contributed by atoms with E-state index in [9.17, 15) is 4.79 Å². The predicted molar refractivity (Wildman–Crippen MR) is 124 cm³/mol. The smallest absolute Gasteiger partial charge is 0.253 e. The van der Waals surface area contributed by atoms with E-state index in [0.717, 1.165) is 30.5 Å². The molecule has 0 spiro atoms. The Hall–Kier alpha value is -3.66. The third-order valence-electron chi connectivity index (χ3n) is 5.44. The van der Waals surface area contributed by atoms with Gasteiger partial charge in [-0.1, -0.05) is 72.8 Å². The average Bonchev–Trinajstić information content (AvgIpc) is 3.34. The van der Waals surface area contributed by atoms with Crippen molar-refractivity contribution >= 4 is 5.91 Å². The Morgan fingerprint density at radius 2 is 1.32 bits per heavy atom. The molecule has 4 nitrogen and oxygen atoms in total. The molecule has 0 saturated heterocycles. The molecule has 4 aromatic rings. The van der Waals surface area contributed by atoms with Crippen LogP contribution in [0.15, 0.2) is 104 Å². The van der Waals surface area contributed by atoms with Crippen LogP contribution in [0.25, 0.3) is 0 Å². The molecule has 156 valence electrons. The fourth-order valence-electron chi connectivity index (χ4n) is 3.66. The number of rotatable bonds is 9. The van der Waals surface area contributed by atoms with Crippen molar-refractivity contribution in [1.82, 2.24) is 14.5 Å². The van der Waals surface area contributed by atoms with Gasteiger partial charge in [0.1, 0.15) is 0 Å². The van der Waals surface area contributed by atoms with E-state index in [0.29, 0.717) is 13.1 Å². The van der Waals surface area contributed by atoms with E-state index in [1.807, 2.05) is 76.3 Å². The van der Waals surface area contributed by atoms with E-state index in [1.54, 1.807) is 12.5 Å². The minimum Gasteiger partial charge on any atom is -0.338 e. The van der Waals surface area contributed by atoms with Crippen molar-refractivity contribution < 1.29 is 4.79 Å². The summed E-state index contributed by atoms with van der Waals surface area (Å²) in [6.07, 6.45) is 7.21. The summed E-state index contributed by atoms with van der Waals surface area (Å²) in [7, 11) is 0. The van der Waals surface area contributed by atoms with Gasteiger partial charge in [-0.25, -0.2) is 4.98 Å². The summed E-state index contributed by atoms with van der Waals surface area (Å²) in [5, 5.41) is 0. The number of aromatic nitrogens is 2. The molecule has 1 aromatic heterocycles. The zero-order valence-electron chi connectivity index (χ0n) is 17.6. The molecule has 0 N–H and O–H groups in total. The fraction of sp³-hybridized carbons (Fsp3) is 0.185. The zero-order valence-corrected chi connectivity index (χ0v) is 17.6. The second kappa shape index (κ2) is 10.4. The van der Waals surface area contributed by atoms with Crippen LogP contribution < -0.4 is 0 Å². The first kappa shape index (κ1) is 20.6. The van der Waals surface area contributed by atoms with Crippen molar-refractivity contribution in [3.05, 3.63) is 126 Å². The maximum Gasteiger partial charge on any atom is 0.253 e. The Labute approximate surface area is 183 Å². The average molecular weight is 410 g/mol. The van der Waals surface area contributed by atoms with Gasteiger partial charge in [-0.2, -0.15) is 0 Å². The highest BCUT2D eigenvalue weighted by atomic mass is 16.2. The minimum absolute atomic E-state index is 0.0843. The first-order chi connectivity index (χ1) is 15.3. The number of benzene rings is 3. The Morgan fingerprint density at radius 3 is 1.84 bits per heavy atom. The molecule has 0 aliphatic rings.